The Hall–Kier alpha value is -1.85. The summed E-state index contributed by atoms with van der Waals surface area (Å²) in [5.74, 6) is -0.937. The minimum absolute atomic E-state index is 0.0913. The van der Waals surface area contributed by atoms with Gasteiger partial charge in [-0.2, -0.15) is 0 Å². The molecular formula is C11H16N2O4. The summed E-state index contributed by atoms with van der Waals surface area (Å²) in [5, 5.41) is 14.7. The van der Waals surface area contributed by atoms with Crippen LogP contribution < -0.4 is 5.32 Å². The molecule has 1 unspecified atom stereocenters. The summed E-state index contributed by atoms with van der Waals surface area (Å²) in [6, 6.07) is -0.0913. The average molecular weight is 240 g/mol. The molecule has 6 nitrogen and oxygen atoms in total. The van der Waals surface area contributed by atoms with Crippen molar-refractivity contribution in [3.8, 4) is 0 Å². The van der Waals surface area contributed by atoms with Crippen LogP contribution in [0.1, 0.15) is 42.3 Å². The fourth-order valence-corrected chi connectivity index (χ4v) is 1.43. The van der Waals surface area contributed by atoms with E-state index in [-0.39, 0.29) is 24.1 Å². The molecule has 1 aromatic heterocycles. The van der Waals surface area contributed by atoms with Crippen molar-refractivity contribution in [3.63, 3.8) is 0 Å². The van der Waals surface area contributed by atoms with Crippen LogP contribution in [0.3, 0.4) is 0 Å². The van der Waals surface area contributed by atoms with Crippen molar-refractivity contribution in [3.05, 3.63) is 17.5 Å². The molecule has 1 aromatic rings. The van der Waals surface area contributed by atoms with Crippen molar-refractivity contribution in [1.82, 2.24) is 10.5 Å². The van der Waals surface area contributed by atoms with Gasteiger partial charge in [0.05, 0.1) is 6.20 Å². The van der Waals surface area contributed by atoms with Crippen molar-refractivity contribution >= 4 is 11.9 Å². The van der Waals surface area contributed by atoms with Gasteiger partial charge < -0.3 is 14.9 Å². The Balaban J connectivity index is 2.36. The number of aliphatic carboxylic acids is 1. The molecule has 0 fully saturated rings. The van der Waals surface area contributed by atoms with E-state index in [1.807, 2.05) is 6.92 Å². The van der Waals surface area contributed by atoms with Crippen molar-refractivity contribution in [2.24, 2.45) is 0 Å². The molecular weight excluding hydrogens is 224 g/mol. The van der Waals surface area contributed by atoms with Gasteiger partial charge in [-0.05, 0) is 26.7 Å². The van der Waals surface area contributed by atoms with Crippen molar-refractivity contribution in [1.29, 1.82) is 0 Å². The number of carbonyl (C=O) groups excluding carboxylic acids is 1. The SMILES string of the molecule is Cc1cnoc1C(=O)NC(C)CCCC(=O)O. The lowest BCUT2D eigenvalue weighted by molar-refractivity contribution is -0.137. The Bertz CT molecular complexity index is 400. The van der Waals surface area contributed by atoms with E-state index < -0.39 is 5.97 Å². The highest BCUT2D eigenvalue weighted by Crippen LogP contribution is 2.07. The second kappa shape index (κ2) is 6.03. The Morgan fingerprint density at radius 1 is 1.59 bits per heavy atom. The predicted molar refractivity (Wildman–Crippen MR) is 59.7 cm³/mol. The first-order chi connectivity index (χ1) is 8.00. The summed E-state index contributed by atoms with van der Waals surface area (Å²) >= 11 is 0. The molecule has 1 atom stereocenters. The number of aromatic nitrogens is 1. The highest BCUT2D eigenvalue weighted by molar-refractivity contribution is 5.92. The number of carboxylic acid groups (broad SMARTS) is 1. The maximum absolute atomic E-state index is 11.7. The summed E-state index contributed by atoms with van der Waals surface area (Å²) in [7, 11) is 0. The Morgan fingerprint density at radius 3 is 2.82 bits per heavy atom. The predicted octanol–water partition coefficient (Wildman–Crippen LogP) is 1.36. The van der Waals surface area contributed by atoms with Crippen molar-refractivity contribution < 1.29 is 19.2 Å². The first-order valence-electron chi connectivity index (χ1n) is 5.44. The van der Waals surface area contributed by atoms with Gasteiger partial charge in [-0.3, -0.25) is 9.59 Å². The van der Waals surface area contributed by atoms with Gasteiger partial charge in [-0.25, -0.2) is 0 Å². The molecule has 0 aliphatic carbocycles. The third-order valence-corrected chi connectivity index (χ3v) is 2.36. The summed E-state index contributed by atoms with van der Waals surface area (Å²) in [5.41, 5.74) is 0.681. The van der Waals surface area contributed by atoms with Crippen LogP contribution in [0.25, 0.3) is 0 Å². The number of hydrogen-bond acceptors (Lipinski definition) is 4. The summed E-state index contributed by atoms with van der Waals surface area (Å²) in [6.07, 6.45) is 2.74. The summed E-state index contributed by atoms with van der Waals surface area (Å²) < 4.78 is 4.81. The Labute approximate surface area is 99.0 Å². The zero-order chi connectivity index (χ0) is 12.8. The fraction of sp³-hybridized carbons (Fsp3) is 0.545. The average Bonchev–Trinajstić information content (AvgIpc) is 2.63. The lowest BCUT2D eigenvalue weighted by atomic mass is 10.1. The van der Waals surface area contributed by atoms with E-state index in [9.17, 15) is 9.59 Å². The van der Waals surface area contributed by atoms with Crippen LogP contribution in [0.2, 0.25) is 0 Å². The van der Waals surface area contributed by atoms with E-state index in [2.05, 4.69) is 10.5 Å². The number of aryl methyl sites for hydroxylation is 1. The number of carbonyl (C=O) groups is 2. The minimum Gasteiger partial charge on any atom is -0.481 e. The van der Waals surface area contributed by atoms with E-state index in [4.69, 9.17) is 9.63 Å². The van der Waals surface area contributed by atoms with Gasteiger partial charge in [0.1, 0.15) is 0 Å². The molecule has 6 heteroatoms. The molecule has 1 rings (SSSR count). The van der Waals surface area contributed by atoms with Crippen molar-refractivity contribution in [2.75, 3.05) is 0 Å². The molecule has 0 spiro atoms. The Morgan fingerprint density at radius 2 is 2.29 bits per heavy atom. The number of rotatable bonds is 6. The molecule has 0 saturated carbocycles. The van der Waals surface area contributed by atoms with Gasteiger partial charge in [0, 0.05) is 18.0 Å². The molecule has 0 bridgehead atoms. The number of carboxylic acids is 1. The summed E-state index contributed by atoms with van der Waals surface area (Å²) in [4.78, 5) is 22.0. The zero-order valence-corrected chi connectivity index (χ0v) is 9.90. The number of amides is 1. The van der Waals surface area contributed by atoms with Crippen LogP contribution in [0, 0.1) is 6.92 Å². The van der Waals surface area contributed by atoms with E-state index in [1.54, 1.807) is 6.92 Å². The van der Waals surface area contributed by atoms with Gasteiger partial charge in [-0.1, -0.05) is 5.16 Å². The maximum atomic E-state index is 11.7. The first kappa shape index (κ1) is 13.2. The van der Waals surface area contributed by atoms with Crippen LogP contribution in [-0.4, -0.2) is 28.2 Å². The first-order valence-corrected chi connectivity index (χ1v) is 5.44. The monoisotopic (exact) mass is 240 g/mol. The number of hydrogen-bond donors (Lipinski definition) is 2. The molecule has 0 saturated heterocycles. The number of nitrogens with zero attached hydrogens (tertiary/aromatic N) is 1. The molecule has 0 radical (unpaired) electrons. The van der Waals surface area contributed by atoms with E-state index >= 15 is 0 Å². The van der Waals surface area contributed by atoms with E-state index in [0.717, 1.165) is 0 Å². The molecule has 0 aliphatic heterocycles. The molecule has 1 amide bonds. The number of nitrogens with one attached hydrogen (secondary N) is 1. The lowest BCUT2D eigenvalue weighted by Gasteiger charge is -2.11. The lowest BCUT2D eigenvalue weighted by Crippen LogP contribution is -2.32. The largest absolute Gasteiger partial charge is 0.481 e. The van der Waals surface area contributed by atoms with Gasteiger partial charge in [0.25, 0.3) is 5.91 Å². The van der Waals surface area contributed by atoms with Crippen LogP contribution in [0.5, 0.6) is 0 Å². The standard InChI is InChI=1S/C11H16N2O4/c1-7-6-12-17-10(7)11(16)13-8(2)4-3-5-9(14)15/h6,8H,3-5H2,1-2H3,(H,13,16)(H,14,15). The van der Waals surface area contributed by atoms with Crippen LogP contribution in [-0.2, 0) is 4.79 Å². The molecule has 94 valence electrons. The minimum atomic E-state index is -0.824. The van der Waals surface area contributed by atoms with Gasteiger partial charge >= 0.3 is 5.97 Å². The van der Waals surface area contributed by atoms with E-state index in [0.29, 0.717) is 18.4 Å². The summed E-state index contributed by atoms with van der Waals surface area (Å²) in [6.45, 7) is 3.56. The van der Waals surface area contributed by atoms with Gasteiger partial charge in [-0.15, -0.1) is 0 Å². The molecule has 0 aliphatic rings. The fourth-order valence-electron chi connectivity index (χ4n) is 1.43. The van der Waals surface area contributed by atoms with E-state index in [1.165, 1.54) is 6.20 Å². The third kappa shape index (κ3) is 4.26. The molecule has 1 heterocycles. The third-order valence-electron chi connectivity index (χ3n) is 2.36. The normalized spacial score (nSPS) is 12.1. The second-order valence-corrected chi connectivity index (χ2v) is 4.00. The van der Waals surface area contributed by atoms with Crippen LogP contribution in [0.4, 0.5) is 0 Å². The highest BCUT2D eigenvalue weighted by atomic mass is 16.5. The molecule has 0 aromatic carbocycles. The van der Waals surface area contributed by atoms with Gasteiger partial charge in [0.15, 0.2) is 0 Å². The second-order valence-electron chi connectivity index (χ2n) is 4.00. The quantitative estimate of drug-likeness (QED) is 0.783. The van der Waals surface area contributed by atoms with Crippen molar-refractivity contribution in [2.45, 2.75) is 39.2 Å². The topological polar surface area (TPSA) is 92.4 Å². The van der Waals surface area contributed by atoms with Crippen LogP contribution in [0.15, 0.2) is 10.7 Å². The smallest absolute Gasteiger partial charge is 0.303 e. The van der Waals surface area contributed by atoms with Gasteiger partial charge in [0.2, 0.25) is 5.76 Å². The molecule has 2 N–H and O–H groups in total. The molecule has 17 heavy (non-hydrogen) atoms. The zero-order valence-electron chi connectivity index (χ0n) is 9.90. The highest BCUT2D eigenvalue weighted by Gasteiger charge is 2.16. The Kier molecular flexibility index (Phi) is 4.68. The van der Waals surface area contributed by atoms with Crippen LogP contribution >= 0.6 is 0 Å². The maximum Gasteiger partial charge on any atom is 0.303 e.